The maximum absolute atomic E-state index is 14.3. The largest absolute Gasteiger partial charge is 0.416 e. The molecule has 0 bridgehead atoms. The van der Waals surface area contributed by atoms with Crippen molar-refractivity contribution >= 4 is 22.2 Å². The summed E-state index contributed by atoms with van der Waals surface area (Å²) in [5.74, 6) is 0.697. The minimum atomic E-state index is -4.59. The zero-order valence-corrected chi connectivity index (χ0v) is 24.5. The van der Waals surface area contributed by atoms with Gasteiger partial charge in [-0.1, -0.05) is 12.1 Å². The van der Waals surface area contributed by atoms with Crippen molar-refractivity contribution in [3.8, 4) is 0 Å². The van der Waals surface area contributed by atoms with Gasteiger partial charge in [-0.2, -0.15) is 23.8 Å². The second-order valence-corrected chi connectivity index (χ2v) is 14.7. The van der Waals surface area contributed by atoms with Crippen LogP contribution in [-0.4, -0.2) is 46.8 Å². The molecular weight excluding hydrogens is 567 g/mol. The topological polar surface area (TPSA) is 104 Å². The van der Waals surface area contributed by atoms with E-state index in [0.29, 0.717) is 41.4 Å². The maximum atomic E-state index is 14.3. The molecule has 0 spiro atoms. The van der Waals surface area contributed by atoms with Gasteiger partial charge in [-0.15, -0.1) is 10.2 Å². The number of rotatable bonds is 7. The van der Waals surface area contributed by atoms with Crippen molar-refractivity contribution in [3.05, 3.63) is 76.4 Å². The smallest absolute Gasteiger partial charge is 0.320 e. The van der Waals surface area contributed by atoms with Gasteiger partial charge in [0.15, 0.2) is 0 Å². The average molecular weight is 604 g/mol. The van der Waals surface area contributed by atoms with Crippen LogP contribution in [0.4, 0.5) is 18.9 Å². The summed E-state index contributed by atoms with van der Waals surface area (Å²) in [5.41, 5.74) is 1.06. The molecule has 1 saturated carbocycles. The number of aromatic nitrogens is 3. The predicted molar refractivity (Wildman–Crippen MR) is 156 cm³/mol. The van der Waals surface area contributed by atoms with Crippen molar-refractivity contribution < 1.29 is 27.1 Å². The van der Waals surface area contributed by atoms with E-state index in [1.54, 1.807) is 24.5 Å². The van der Waals surface area contributed by atoms with Crippen LogP contribution < -0.4 is 10.2 Å². The van der Waals surface area contributed by atoms with Crippen LogP contribution in [0.25, 0.3) is 0 Å². The van der Waals surface area contributed by atoms with E-state index < -0.39 is 28.2 Å². The Balaban J connectivity index is 1.32. The van der Waals surface area contributed by atoms with Crippen molar-refractivity contribution in [2.24, 2.45) is 13.0 Å². The molecule has 1 aliphatic carbocycles. The molecule has 1 amide bonds. The molecule has 3 aliphatic rings. The Morgan fingerprint density at radius 1 is 1.17 bits per heavy atom. The summed E-state index contributed by atoms with van der Waals surface area (Å²) in [4.78, 5) is 15.1. The van der Waals surface area contributed by atoms with E-state index in [-0.39, 0.29) is 41.6 Å². The summed E-state index contributed by atoms with van der Waals surface area (Å²) in [6.45, 7) is 2.17. The van der Waals surface area contributed by atoms with E-state index in [2.05, 4.69) is 22.4 Å². The molecule has 3 heterocycles. The van der Waals surface area contributed by atoms with Gasteiger partial charge in [-0.25, -0.2) is 0 Å². The van der Waals surface area contributed by atoms with Gasteiger partial charge >= 0.3 is 6.18 Å². The molecule has 8 nitrogen and oxygen atoms in total. The molecule has 226 valence electrons. The van der Waals surface area contributed by atoms with Crippen molar-refractivity contribution in [2.75, 3.05) is 16.4 Å². The monoisotopic (exact) mass is 603 g/mol. The van der Waals surface area contributed by atoms with Crippen LogP contribution in [0.1, 0.15) is 83.4 Å². The fourth-order valence-electron chi connectivity index (χ4n) is 6.58. The first-order valence-corrected chi connectivity index (χ1v) is 16.2. The molecule has 12 heteroatoms. The van der Waals surface area contributed by atoms with E-state index in [9.17, 15) is 27.1 Å². The highest BCUT2D eigenvalue weighted by Gasteiger charge is 2.41. The lowest BCUT2D eigenvalue weighted by Crippen LogP contribution is -2.47. The van der Waals surface area contributed by atoms with E-state index in [0.717, 1.165) is 24.8 Å². The van der Waals surface area contributed by atoms with Crippen LogP contribution in [0.15, 0.2) is 42.7 Å². The lowest BCUT2D eigenvalue weighted by Gasteiger charge is -2.41. The standard InChI is InChI=1S/C30H36F3N5O3S/c1-29(9-4-10-29)34-16-19-13-23-24(25(14-19)30(31,32)33)17-38(28(23)39)22-6-3-5-21(15-22)26(27-36-35-18-37(27)2)20-7-11-42(40,41)12-8-20/h3,5-6,13-15,18,20,26,34,40-41H,4,7-12,16-17H2,1-2H3. The lowest BCUT2D eigenvalue weighted by molar-refractivity contribution is -0.138. The second-order valence-electron chi connectivity index (χ2n) is 12.2. The number of carbonyl (C=O) groups is 1. The predicted octanol–water partition coefficient (Wildman–Crippen LogP) is 6.32. The maximum Gasteiger partial charge on any atom is 0.416 e. The summed E-state index contributed by atoms with van der Waals surface area (Å²) in [6.07, 6.45) is 1.24. The first-order chi connectivity index (χ1) is 19.8. The number of benzene rings is 2. The number of fused-ring (bicyclic) bond motifs is 1. The summed E-state index contributed by atoms with van der Waals surface area (Å²) in [6, 6.07) is 10.1. The number of hydrogen-bond donors (Lipinski definition) is 3. The molecule has 3 N–H and O–H groups in total. The van der Waals surface area contributed by atoms with Crippen molar-refractivity contribution in [2.45, 2.75) is 69.8 Å². The Morgan fingerprint density at radius 3 is 2.52 bits per heavy atom. The van der Waals surface area contributed by atoms with Crippen molar-refractivity contribution in [1.29, 1.82) is 0 Å². The average Bonchev–Trinajstić information content (AvgIpc) is 3.49. The number of hydrogen-bond acceptors (Lipinski definition) is 6. The Morgan fingerprint density at radius 2 is 1.90 bits per heavy atom. The highest BCUT2D eigenvalue weighted by atomic mass is 32.3. The van der Waals surface area contributed by atoms with Gasteiger partial charge in [-0.05, 0) is 85.9 Å². The number of aryl methyl sites for hydroxylation is 1. The van der Waals surface area contributed by atoms with Crippen LogP contribution in [0.2, 0.25) is 0 Å². The minimum absolute atomic E-state index is 0.00107. The number of amides is 1. The number of anilines is 1. The second kappa shape index (κ2) is 10.7. The van der Waals surface area contributed by atoms with Crippen molar-refractivity contribution in [3.63, 3.8) is 0 Å². The lowest BCUT2D eigenvalue weighted by atomic mass is 9.78. The Hall–Kier alpha value is -2.93. The van der Waals surface area contributed by atoms with Gasteiger partial charge in [0.1, 0.15) is 12.2 Å². The molecule has 2 aromatic carbocycles. The quantitative estimate of drug-likeness (QED) is 0.292. The van der Waals surface area contributed by atoms with Crippen LogP contribution in [-0.2, 0) is 26.3 Å². The third-order valence-electron chi connectivity index (χ3n) is 9.25. The number of nitrogens with zero attached hydrogens (tertiary/aromatic N) is 4. The van der Waals surface area contributed by atoms with E-state index >= 15 is 0 Å². The molecule has 1 aromatic heterocycles. The first kappa shape index (κ1) is 29.2. The normalized spacial score (nSPS) is 21.6. The Bertz CT molecular complexity index is 1490. The van der Waals surface area contributed by atoms with Crippen LogP contribution >= 0.6 is 10.6 Å². The number of carbonyl (C=O) groups excluding carboxylic acids is 1. The van der Waals surface area contributed by atoms with Gasteiger partial charge in [0, 0.05) is 47.8 Å². The molecule has 6 rings (SSSR count). The van der Waals surface area contributed by atoms with Gasteiger partial charge < -0.3 is 14.8 Å². The molecule has 0 radical (unpaired) electrons. The van der Waals surface area contributed by atoms with Gasteiger partial charge in [0.25, 0.3) is 5.91 Å². The Kier molecular flexibility index (Phi) is 7.40. The zero-order chi connectivity index (χ0) is 29.9. The number of nitrogens with one attached hydrogen (secondary N) is 1. The summed E-state index contributed by atoms with van der Waals surface area (Å²) in [7, 11) is -0.745. The van der Waals surface area contributed by atoms with E-state index in [1.807, 2.05) is 23.7 Å². The molecular formula is C30H36F3N5O3S. The summed E-state index contributed by atoms with van der Waals surface area (Å²) < 4.78 is 65.0. The zero-order valence-electron chi connectivity index (χ0n) is 23.7. The molecule has 1 saturated heterocycles. The fourth-order valence-corrected chi connectivity index (χ4v) is 8.15. The molecule has 3 aromatic rings. The van der Waals surface area contributed by atoms with Gasteiger partial charge in [0.05, 0.1) is 12.1 Å². The molecule has 2 fully saturated rings. The van der Waals surface area contributed by atoms with Gasteiger partial charge in [0.2, 0.25) is 0 Å². The fraction of sp³-hybridized carbons (Fsp3) is 0.500. The number of alkyl halides is 3. The van der Waals surface area contributed by atoms with E-state index in [1.165, 1.54) is 11.0 Å². The van der Waals surface area contributed by atoms with Crippen LogP contribution in [0, 0.1) is 5.92 Å². The third-order valence-corrected chi connectivity index (χ3v) is 11.0. The molecule has 2 aliphatic heterocycles. The van der Waals surface area contributed by atoms with E-state index in [4.69, 9.17) is 0 Å². The SMILES string of the molecule is Cn1cnnc1C(c1cccc(N2Cc3c(cc(CNC4(C)CCC4)cc3C(F)(F)F)C2=O)c1)C1CCS(O)(O)CC1. The molecule has 1 atom stereocenters. The van der Waals surface area contributed by atoms with Crippen LogP contribution in [0.3, 0.4) is 0 Å². The Labute approximate surface area is 244 Å². The minimum Gasteiger partial charge on any atom is -0.320 e. The van der Waals surface area contributed by atoms with Crippen LogP contribution in [0.5, 0.6) is 0 Å². The molecule has 42 heavy (non-hydrogen) atoms. The molecule has 1 unspecified atom stereocenters. The third kappa shape index (κ3) is 5.57. The highest BCUT2D eigenvalue weighted by Crippen LogP contribution is 2.50. The van der Waals surface area contributed by atoms with Gasteiger partial charge in [-0.3, -0.25) is 13.9 Å². The van der Waals surface area contributed by atoms with Crippen molar-refractivity contribution in [1.82, 2.24) is 20.1 Å². The number of halogens is 3. The summed E-state index contributed by atoms with van der Waals surface area (Å²) in [5, 5.41) is 11.8. The first-order valence-electron chi connectivity index (χ1n) is 14.3. The highest BCUT2D eigenvalue weighted by molar-refractivity contribution is 8.24. The summed E-state index contributed by atoms with van der Waals surface area (Å²) >= 11 is 0.